The lowest BCUT2D eigenvalue weighted by molar-refractivity contribution is -0.134. The van der Waals surface area contributed by atoms with Crippen molar-refractivity contribution in [2.45, 2.75) is 6.92 Å². The molecule has 1 N–H and O–H groups in total. The van der Waals surface area contributed by atoms with Gasteiger partial charge in [0.25, 0.3) is 5.97 Å². The third kappa shape index (κ3) is 5.22. The lowest BCUT2D eigenvalue weighted by atomic mass is 10.3. The Hall–Kier alpha value is -2.79. The third-order valence-electron chi connectivity index (χ3n) is 4.57. The molecular formula is C26H27O2P2+. The van der Waals surface area contributed by atoms with Gasteiger partial charge in [0.2, 0.25) is 0 Å². The van der Waals surface area contributed by atoms with Crippen molar-refractivity contribution in [3.63, 3.8) is 0 Å². The lowest BCUT2D eigenvalue weighted by Crippen LogP contribution is -2.38. The second-order valence-electron chi connectivity index (χ2n) is 6.53. The van der Waals surface area contributed by atoms with Crippen molar-refractivity contribution in [3.8, 4) is 0 Å². The molecule has 152 valence electrons. The SMILES string of the molecule is CC(=O)O.P.c1ccc([P+](c2ccccc2)(c2ccccc2)c2ccccc2)cc1. The molecule has 0 saturated carbocycles. The maximum atomic E-state index is 9.00. The first-order chi connectivity index (χ1) is 14.2. The van der Waals surface area contributed by atoms with Gasteiger partial charge in [-0.3, -0.25) is 4.79 Å². The minimum Gasteiger partial charge on any atom is -0.481 e. The lowest BCUT2D eigenvalue weighted by Gasteiger charge is -2.27. The van der Waals surface area contributed by atoms with Gasteiger partial charge in [0.15, 0.2) is 0 Å². The summed E-state index contributed by atoms with van der Waals surface area (Å²) in [6, 6.07) is 43.8. The molecule has 0 radical (unpaired) electrons. The highest BCUT2D eigenvalue weighted by Gasteiger charge is 2.47. The highest BCUT2D eigenvalue weighted by molar-refractivity contribution is 8.01. The van der Waals surface area contributed by atoms with E-state index in [9.17, 15) is 0 Å². The van der Waals surface area contributed by atoms with Crippen LogP contribution in [0.1, 0.15) is 6.92 Å². The molecule has 0 aliphatic heterocycles. The summed E-state index contributed by atoms with van der Waals surface area (Å²) in [6.07, 6.45) is 0. The van der Waals surface area contributed by atoms with Crippen molar-refractivity contribution in [2.75, 3.05) is 0 Å². The maximum Gasteiger partial charge on any atom is 0.300 e. The molecule has 30 heavy (non-hydrogen) atoms. The van der Waals surface area contributed by atoms with Crippen LogP contribution in [0.2, 0.25) is 0 Å². The number of hydrogen-bond acceptors (Lipinski definition) is 1. The summed E-state index contributed by atoms with van der Waals surface area (Å²) in [5.74, 6) is -0.833. The Balaban J connectivity index is 0.000000591. The van der Waals surface area contributed by atoms with Crippen LogP contribution >= 0.6 is 17.2 Å². The molecule has 4 aromatic rings. The van der Waals surface area contributed by atoms with Gasteiger partial charge in [-0.2, -0.15) is 9.90 Å². The van der Waals surface area contributed by atoms with E-state index in [-0.39, 0.29) is 9.90 Å². The minimum absolute atomic E-state index is 0. The Bertz CT molecular complexity index is 854. The van der Waals surface area contributed by atoms with E-state index in [1.54, 1.807) is 0 Å². The molecule has 0 aliphatic carbocycles. The molecule has 0 saturated heterocycles. The van der Waals surface area contributed by atoms with Crippen molar-refractivity contribution in [1.82, 2.24) is 0 Å². The van der Waals surface area contributed by atoms with E-state index in [1.807, 2.05) is 0 Å². The Morgan fingerprint density at radius 1 is 0.533 bits per heavy atom. The van der Waals surface area contributed by atoms with Crippen LogP contribution in [0, 0.1) is 0 Å². The molecule has 0 bridgehead atoms. The molecule has 0 aromatic heterocycles. The molecule has 0 aliphatic rings. The minimum atomic E-state index is -1.91. The number of carboxylic acids is 1. The molecule has 0 amide bonds. The molecule has 1 unspecified atom stereocenters. The fourth-order valence-electron chi connectivity index (χ4n) is 3.50. The van der Waals surface area contributed by atoms with Gasteiger partial charge < -0.3 is 5.11 Å². The van der Waals surface area contributed by atoms with E-state index in [0.29, 0.717) is 0 Å². The summed E-state index contributed by atoms with van der Waals surface area (Å²) in [4.78, 5) is 9.00. The monoisotopic (exact) mass is 433 g/mol. The van der Waals surface area contributed by atoms with E-state index >= 15 is 0 Å². The van der Waals surface area contributed by atoms with Gasteiger partial charge in [0.1, 0.15) is 28.5 Å². The van der Waals surface area contributed by atoms with E-state index in [2.05, 4.69) is 121 Å². The first kappa shape index (κ1) is 23.5. The predicted octanol–water partition coefficient (Wildman–Crippen LogP) is 4.46. The second-order valence-corrected chi connectivity index (χ2v) is 9.94. The van der Waals surface area contributed by atoms with Crippen molar-refractivity contribution in [3.05, 3.63) is 121 Å². The molecule has 4 rings (SSSR count). The average molecular weight is 433 g/mol. The van der Waals surface area contributed by atoms with Crippen molar-refractivity contribution in [1.29, 1.82) is 0 Å². The quantitative estimate of drug-likeness (QED) is 0.483. The van der Waals surface area contributed by atoms with Crippen LogP contribution in [0.4, 0.5) is 0 Å². The van der Waals surface area contributed by atoms with E-state index in [1.165, 1.54) is 21.2 Å². The van der Waals surface area contributed by atoms with Gasteiger partial charge in [0.05, 0.1) is 0 Å². The molecule has 2 nitrogen and oxygen atoms in total. The summed E-state index contributed by atoms with van der Waals surface area (Å²) < 4.78 is 0. The molecule has 0 fully saturated rings. The second kappa shape index (κ2) is 11.4. The van der Waals surface area contributed by atoms with Crippen LogP contribution in [0.5, 0.6) is 0 Å². The zero-order valence-corrected chi connectivity index (χ0v) is 19.4. The number of aliphatic carboxylic acids is 1. The van der Waals surface area contributed by atoms with E-state index in [4.69, 9.17) is 9.90 Å². The zero-order chi connectivity index (χ0) is 20.5. The Kier molecular flexibility index (Phi) is 8.93. The predicted molar refractivity (Wildman–Crippen MR) is 136 cm³/mol. The first-order valence-electron chi connectivity index (χ1n) is 9.46. The van der Waals surface area contributed by atoms with Crippen molar-refractivity contribution in [2.24, 2.45) is 0 Å². The fraction of sp³-hybridized carbons (Fsp3) is 0.0385. The molecule has 4 aromatic carbocycles. The average Bonchev–Trinajstić information content (AvgIpc) is 2.77. The fourth-order valence-corrected chi connectivity index (χ4v) is 7.77. The summed E-state index contributed by atoms with van der Waals surface area (Å²) in [5, 5.41) is 13.0. The first-order valence-corrected chi connectivity index (χ1v) is 11.3. The zero-order valence-electron chi connectivity index (χ0n) is 17.1. The molecule has 0 spiro atoms. The number of rotatable bonds is 4. The largest absolute Gasteiger partial charge is 0.481 e. The van der Waals surface area contributed by atoms with Crippen LogP contribution in [-0.2, 0) is 4.79 Å². The number of carbonyl (C=O) groups is 1. The van der Waals surface area contributed by atoms with E-state index < -0.39 is 13.2 Å². The smallest absolute Gasteiger partial charge is 0.300 e. The maximum absolute atomic E-state index is 9.00. The van der Waals surface area contributed by atoms with Gasteiger partial charge in [-0.05, 0) is 48.5 Å². The van der Waals surface area contributed by atoms with Crippen molar-refractivity contribution < 1.29 is 9.90 Å². The third-order valence-corrected chi connectivity index (χ3v) is 8.86. The summed E-state index contributed by atoms with van der Waals surface area (Å²) >= 11 is 0. The van der Waals surface area contributed by atoms with Crippen LogP contribution in [0.3, 0.4) is 0 Å². The Morgan fingerprint density at radius 3 is 0.867 bits per heavy atom. The summed E-state index contributed by atoms with van der Waals surface area (Å²) in [6.45, 7) is 1.08. The van der Waals surface area contributed by atoms with Gasteiger partial charge in [-0.1, -0.05) is 72.8 Å². The van der Waals surface area contributed by atoms with Gasteiger partial charge in [-0.25, -0.2) is 0 Å². The highest BCUT2D eigenvalue weighted by atomic mass is 31.2. The molecule has 0 heterocycles. The van der Waals surface area contributed by atoms with Crippen LogP contribution in [0.25, 0.3) is 0 Å². The molecule has 1 atom stereocenters. The van der Waals surface area contributed by atoms with Crippen LogP contribution in [0.15, 0.2) is 121 Å². The number of benzene rings is 4. The van der Waals surface area contributed by atoms with E-state index in [0.717, 1.165) is 6.92 Å². The number of carboxylic acid groups (broad SMARTS) is 1. The van der Waals surface area contributed by atoms with Gasteiger partial charge in [0, 0.05) is 6.92 Å². The molecule has 4 heteroatoms. The Morgan fingerprint density at radius 2 is 0.700 bits per heavy atom. The molecular weight excluding hydrogens is 406 g/mol. The Labute approximate surface area is 182 Å². The number of hydrogen-bond donors (Lipinski definition) is 1. The standard InChI is InChI=1S/C24H20P.C2H4O2.H3P/c1-5-13-21(14-6-1)25(22-15-7-2-8-16-22,23-17-9-3-10-18-23)24-19-11-4-12-20-24;1-2(3)4;/h1-20H;1H3,(H,3,4);1H3/q+1;;. The van der Waals surface area contributed by atoms with Crippen LogP contribution < -0.4 is 21.2 Å². The van der Waals surface area contributed by atoms with Crippen molar-refractivity contribution >= 4 is 44.3 Å². The topological polar surface area (TPSA) is 37.3 Å². The van der Waals surface area contributed by atoms with Crippen LogP contribution in [-0.4, -0.2) is 11.1 Å². The normalized spacial score (nSPS) is 10.2. The highest BCUT2D eigenvalue weighted by Crippen LogP contribution is 2.53. The van der Waals surface area contributed by atoms with Gasteiger partial charge in [-0.15, -0.1) is 0 Å². The summed E-state index contributed by atoms with van der Waals surface area (Å²) in [5.41, 5.74) is 0. The summed E-state index contributed by atoms with van der Waals surface area (Å²) in [7, 11) is -1.91. The van der Waals surface area contributed by atoms with Gasteiger partial charge >= 0.3 is 0 Å².